The molecule has 2 aromatic carbocycles. The Morgan fingerprint density at radius 3 is 2.47 bits per heavy atom. The van der Waals surface area contributed by atoms with Gasteiger partial charge in [-0.05, 0) is 40.2 Å². The molecule has 7 nitrogen and oxygen atoms in total. The number of nitrogens with zero attached hydrogens (tertiary/aromatic N) is 4. The van der Waals surface area contributed by atoms with Crippen LogP contribution >= 0.6 is 15.9 Å². The number of aromatic carboxylic acids is 1. The first-order valence-electron chi connectivity index (χ1n) is 10.0. The van der Waals surface area contributed by atoms with Crippen LogP contribution in [0.1, 0.15) is 24.2 Å². The maximum Gasteiger partial charge on any atom is 0.335 e. The van der Waals surface area contributed by atoms with Crippen LogP contribution in [0.3, 0.4) is 0 Å². The number of halogens is 1. The van der Waals surface area contributed by atoms with Gasteiger partial charge in [-0.2, -0.15) is 9.61 Å². The average molecular weight is 490 g/mol. The van der Waals surface area contributed by atoms with Crippen molar-refractivity contribution in [2.75, 3.05) is 5.73 Å². The molecule has 0 amide bonds. The summed E-state index contributed by atoms with van der Waals surface area (Å²) in [5, 5.41) is 14.6. The summed E-state index contributed by atoms with van der Waals surface area (Å²) in [6.07, 6.45) is 3.51. The SMILES string of the molecule is CC.Nc1c(Br)c(-c2ccc(C(=O)O)cc2)nc2c(-c3cnc4ccccc4c3)cnn12. The fourth-order valence-corrected chi connectivity index (χ4v) is 3.86. The molecular weight excluding hydrogens is 470 g/mol. The van der Waals surface area contributed by atoms with Gasteiger partial charge >= 0.3 is 5.97 Å². The van der Waals surface area contributed by atoms with E-state index in [0.29, 0.717) is 21.6 Å². The fraction of sp³-hybridized carbons (Fsp3) is 0.0833. The van der Waals surface area contributed by atoms with Crippen molar-refractivity contribution >= 4 is 44.3 Å². The van der Waals surface area contributed by atoms with Gasteiger partial charge in [0.1, 0.15) is 5.82 Å². The molecule has 3 N–H and O–H groups in total. The number of fused-ring (bicyclic) bond motifs is 2. The van der Waals surface area contributed by atoms with Crippen LogP contribution in [0.25, 0.3) is 38.9 Å². The first-order valence-corrected chi connectivity index (χ1v) is 10.8. The molecule has 5 rings (SSSR count). The number of anilines is 1. The molecule has 0 bridgehead atoms. The molecule has 3 heterocycles. The molecule has 0 fully saturated rings. The summed E-state index contributed by atoms with van der Waals surface area (Å²) in [5.74, 6) is -0.581. The summed E-state index contributed by atoms with van der Waals surface area (Å²) in [6.45, 7) is 4.00. The number of nitrogens with two attached hydrogens (primary N) is 1. The average Bonchev–Trinajstić information content (AvgIpc) is 3.26. The number of benzene rings is 2. The number of carbonyl (C=O) groups is 1. The second kappa shape index (κ2) is 8.76. The smallest absolute Gasteiger partial charge is 0.335 e. The summed E-state index contributed by atoms with van der Waals surface area (Å²) in [5.41, 5.74) is 11.0. The lowest BCUT2D eigenvalue weighted by molar-refractivity contribution is 0.0697. The third-order valence-electron chi connectivity index (χ3n) is 4.93. The predicted molar refractivity (Wildman–Crippen MR) is 130 cm³/mol. The molecule has 8 heteroatoms. The van der Waals surface area contributed by atoms with E-state index >= 15 is 0 Å². The van der Waals surface area contributed by atoms with Gasteiger partial charge in [0.2, 0.25) is 0 Å². The fourth-order valence-electron chi connectivity index (χ4n) is 3.38. The molecule has 0 aliphatic carbocycles. The number of carboxylic acid groups (broad SMARTS) is 1. The Balaban J connectivity index is 0.00000119. The van der Waals surface area contributed by atoms with Gasteiger partial charge in [0.25, 0.3) is 0 Å². The third-order valence-corrected chi connectivity index (χ3v) is 5.71. The molecule has 0 saturated heterocycles. The number of hydrogen-bond acceptors (Lipinski definition) is 5. The summed E-state index contributed by atoms with van der Waals surface area (Å²) in [7, 11) is 0. The molecule has 5 aromatic rings. The Hall–Kier alpha value is -3.78. The van der Waals surface area contributed by atoms with E-state index in [0.717, 1.165) is 27.6 Å². The van der Waals surface area contributed by atoms with Crippen molar-refractivity contribution in [3.8, 4) is 22.4 Å². The van der Waals surface area contributed by atoms with Gasteiger partial charge in [0.15, 0.2) is 5.65 Å². The number of hydrogen-bond donors (Lipinski definition) is 2. The van der Waals surface area contributed by atoms with Crippen LogP contribution in [0.4, 0.5) is 5.82 Å². The highest BCUT2D eigenvalue weighted by Crippen LogP contribution is 2.35. The summed E-state index contributed by atoms with van der Waals surface area (Å²) in [4.78, 5) is 20.5. The number of carboxylic acids is 1. The number of aromatic nitrogens is 4. The molecule has 32 heavy (non-hydrogen) atoms. The summed E-state index contributed by atoms with van der Waals surface area (Å²) < 4.78 is 2.16. The zero-order chi connectivity index (χ0) is 22.8. The van der Waals surface area contributed by atoms with Gasteiger partial charge in [-0.1, -0.05) is 44.2 Å². The largest absolute Gasteiger partial charge is 0.478 e. The summed E-state index contributed by atoms with van der Waals surface area (Å²) in [6, 6.07) is 16.4. The number of para-hydroxylation sites is 1. The van der Waals surface area contributed by atoms with Gasteiger partial charge in [-0.25, -0.2) is 9.78 Å². The van der Waals surface area contributed by atoms with E-state index in [1.54, 1.807) is 29.0 Å². The molecule has 0 radical (unpaired) electrons. The Morgan fingerprint density at radius 2 is 1.75 bits per heavy atom. The molecule has 0 atom stereocenters. The maximum absolute atomic E-state index is 11.1. The normalized spacial score (nSPS) is 10.7. The van der Waals surface area contributed by atoms with E-state index in [9.17, 15) is 4.79 Å². The third kappa shape index (κ3) is 3.69. The minimum Gasteiger partial charge on any atom is -0.478 e. The monoisotopic (exact) mass is 489 g/mol. The minimum atomic E-state index is -0.981. The molecular formula is C24H20BrN5O2. The highest BCUT2D eigenvalue weighted by atomic mass is 79.9. The van der Waals surface area contributed by atoms with Crippen molar-refractivity contribution in [1.82, 2.24) is 19.6 Å². The van der Waals surface area contributed by atoms with Crippen LogP contribution in [-0.4, -0.2) is 30.7 Å². The molecule has 0 aliphatic rings. The number of pyridine rings is 1. The van der Waals surface area contributed by atoms with Crippen LogP contribution < -0.4 is 5.73 Å². The second-order valence-corrected chi connectivity index (χ2v) is 7.55. The minimum absolute atomic E-state index is 0.205. The molecule has 3 aromatic heterocycles. The number of rotatable bonds is 3. The van der Waals surface area contributed by atoms with Gasteiger partial charge in [-0.3, -0.25) is 4.98 Å². The highest BCUT2D eigenvalue weighted by Gasteiger charge is 2.18. The van der Waals surface area contributed by atoms with Crippen molar-refractivity contribution in [3.05, 3.63) is 77.0 Å². The van der Waals surface area contributed by atoms with E-state index in [2.05, 4.69) is 26.0 Å². The van der Waals surface area contributed by atoms with Crippen molar-refractivity contribution in [2.24, 2.45) is 0 Å². The Morgan fingerprint density at radius 1 is 1.03 bits per heavy atom. The van der Waals surface area contributed by atoms with E-state index in [-0.39, 0.29) is 5.56 Å². The van der Waals surface area contributed by atoms with Gasteiger partial charge in [0, 0.05) is 28.3 Å². The first-order chi connectivity index (χ1) is 15.5. The molecule has 0 spiro atoms. The van der Waals surface area contributed by atoms with Crippen LogP contribution in [0.15, 0.2) is 71.5 Å². The van der Waals surface area contributed by atoms with Gasteiger partial charge < -0.3 is 10.8 Å². The molecule has 0 aliphatic heterocycles. The van der Waals surface area contributed by atoms with E-state index in [4.69, 9.17) is 15.8 Å². The van der Waals surface area contributed by atoms with Crippen LogP contribution in [0.2, 0.25) is 0 Å². The van der Waals surface area contributed by atoms with Crippen molar-refractivity contribution in [2.45, 2.75) is 13.8 Å². The van der Waals surface area contributed by atoms with Crippen LogP contribution in [0, 0.1) is 0 Å². The Bertz CT molecular complexity index is 1440. The van der Waals surface area contributed by atoms with Crippen molar-refractivity contribution < 1.29 is 9.90 Å². The Kier molecular flexibility index (Phi) is 5.87. The molecule has 0 saturated carbocycles. The van der Waals surface area contributed by atoms with Crippen molar-refractivity contribution in [3.63, 3.8) is 0 Å². The zero-order valence-electron chi connectivity index (χ0n) is 17.5. The summed E-state index contributed by atoms with van der Waals surface area (Å²) >= 11 is 3.51. The van der Waals surface area contributed by atoms with E-state index in [1.165, 1.54) is 12.1 Å². The lowest BCUT2D eigenvalue weighted by Crippen LogP contribution is -2.04. The van der Waals surface area contributed by atoms with Crippen LogP contribution in [0.5, 0.6) is 0 Å². The molecule has 160 valence electrons. The van der Waals surface area contributed by atoms with Crippen LogP contribution in [-0.2, 0) is 0 Å². The lowest BCUT2D eigenvalue weighted by Gasteiger charge is -2.10. The standard InChI is InChI=1S/C22H14BrN5O2.C2H6/c23-18-19(12-5-7-13(8-6-12)22(29)30)27-21-16(11-26-28(21)20(18)24)15-9-14-3-1-2-4-17(14)25-10-15;1-2/h1-11H,24H2,(H,29,30);1-2H3. The Labute approximate surface area is 192 Å². The van der Waals surface area contributed by atoms with E-state index < -0.39 is 5.97 Å². The van der Waals surface area contributed by atoms with Gasteiger partial charge in [0.05, 0.1) is 27.4 Å². The lowest BCUT2D eigenvalue weighted by atomic mass is 10.1. The highest BCUT2D eigenvalue weighted by molar-refractivity contribution is 9.10. The molecule has 0 unspecified atom stereocenters. The zero-order valence-corrected chi connectivity index (χ0v) is 19.0. The van der Waals surface area contributed by atoms with E-state index in [1.807, 2.05) is 44.2 Å². The number of nitrogen functional groups attached to an aromatic ring is 1. The van der Waals surface area contributed by atoms with Crippen molar-refractivity contribution in [1.29, 1.82) is 0 Å². The topological polar surface area (TPSA) is 106 Å². The second-order valence-electron chi connectivity index (χ2n) is 6.75. The quantitative estimate of drug-likeness (QED) is 0.337. The first kappa shape index (κ1) is 21.5. The van der Waals surface area contributed by atoms with Gasteiger partial charge in [-0.15, -0.1) is 0 Å². The predicted octanol–water partition coefficient (Wildman–Crippen LogP) is 5.68. The maximum atomic E-state index is 11.1.